The second kappa shape index (κ2) is 4.48. The molecular formula is C15H18O3. The predicted molar refractivity (Wildman–Crippen MR) is 70.2 cm³/mol. The molecule has 96 valence electrons. The van der Waals surface area contributed by atoms with Gasteiger partial charge in [-0.1, -0.05) is 25.0 Å². The van der Waals surface area contributed by atoms with Gasteiger partial charge in [0, 0.05) is 0 Å². The van der Waals surface area contributed by atoms with Crippen molar-refractivity contribution >= 4 is 5.78 Å². The molecule has 2 rings (SSSR count). The van der Waals surface area contributed by atoms with E-state index in [-0.39, 0.29) is 5.78 Å². The zero-order valence-corrected chi connectivity index (χ0v) is 11.0. The molecule has 18 heavy (non-hydrogen) atoms. The number of hydrogen-bond acceptors (Lipinski definition) is 3. The highest BCUT2D eigenvalue weighted by Crippen LogP contribution is 2.39. The summed E-state index contributed by atoms with van der Waals surface area (Å²) in [6.45, 7) is 5.80. The van der Waals surface area contributed by atoms with Crippen molar-refractivity contribution in [2.45, 2.75) is 39.2 Å². The number of benzene rings is 1. The van der Waals surface area contributed by atoms with Crippen LogP contribution >= 0.6 is 0 Å². The van der Waals surface area contributed by atoms with Crippen molar-refractivity contribution in [3.63, 3.8) is 0 Å². The number of aliphatic hydroxyl groups is 1. The molecule has 0 fully saturated rings. The van der Waals surface area contributed by atoms with Crippen LogP contribution in [0.1, 0.15) is 42.6 Å². The molecule has 0 saturated carbocycles. The number of Topliss-reactive ketones (excluding diaryl/α,β-unsaturated/α-hetero) is 1. The largest absolute Gasteiger partial charge is 0.515 e. The van der Waals surface area contributed by atoms with Crippen molar-refractivity contribution in [1.29, 1.82) is 0 Å². The third-order valence-electron chi connectivity index (χ3n) is 3.39. The van der Waals surface area contributed by atoms with Gasteiger partial charge in [-0.3, -0.25) is 4.79 Å². The van der Waals surface area contributed by atoms with E-state index in [1.807, 2.05) is 32.9 Å². The lowest BCUT2D eigenvalue weighted by atomic mass is 9.83. The molecule has 1 aromatic rings. The van der Waals surface area contributed by atoms with Gasteiger partial charge in [-0.05, 0) is 32.4 Å². The van der Waals surface area contributed by atoms with Crippen LogP contribution in [0.3, 0.4) is 0 Å². The van der Waals surface area contributed by atoms with E-state index >= 15 is 0 Å². The van der Waals surface area contributed by atoms with E-state index in [0.29, 0.717) is 23.3 Å². The third kappa shape index (κ3) is 1.90. The number of rotatable bonds is 2. The van der Waals surface area contributed by atoms with Crippen LogP contribution in [0.15, 0.2) is 30.0 Å². The average Bonchev–Trinajstić information content (AvgIpc) is 2.31. The zero-order valence-electron chi connectivity index (χ0n) is 11.0. The molecule has 0 amide bonds. The van der Waals surface area contributed by atoms with Crippen LogP contribution in [-0.4, -0.2) is 16.5 Å². The SMILES string of the molecule is CCCC1(C)Oc2ccc(C)cc2C(=O)/C1=C/O. The molecular weight excluding hydrogens is 228 g/mol. The highest BCUT2D eigenvalue weighted by Gasteiger charge is 2.41. The zero-order chi connectivity index (χ0) is 13.3. The summed E-state index contributed by atoms with van der Waals surface area (Å²) in [5, 5.41) is 9.36. The molecule has 0 spiro atoms. The lowest BCUT2D eigenvalue weighted by molar-refractivity contribution is 0.0748. The standard InChI is InChI=1S/C15H18O3/c1-4-7-15(3)12(9-16)14(17)11-8-10(2)5-6-13(11)18-15/h5-6,8-9,16H,4,7H2,1-3H3/b12-9-. The minimum Gasteiger partial charge on any atom is -0.515 e. The molecule has 0 radical (unpaired) electrons. The minimum atomic E-state index is -0.733. The summed E-state index contributed by atoms with van der Waals surface area (Å²) < 4.78 is 5.94. The fourth-order valence-corrected chi connectivity index (χ4v) is 2.45. The van der Waals surface area contributed by atoms with E-state index < -0.39 is 5.60 Å². The number of carbonyl (C=O) groups excluding carboxylic acids is 1. The normalized spacial score (nSPS) is 24.8. The molecule has 3 heteroatoms. The fourth-order valence-electron chi connectivity index (χ4n) is 2.45. The van der Waals surface area contributed by atoms with E-state index in [1.54, 1.807) is 6.07 Å². The van der Waals surface area contributed by atoms with Crippen LogP contribution in [0.4, 0.5) is 0 Å². The van der Waals surface area contributed by atoms with Crippen molar-refractivity contribution in [3.05, 3.63) is 41.2 Å². The van der Waals surface area contributed by atoms with Gasteiger partial charge in [0.05, 0.1) is 17.4 Å². The van der Waals surface area contributed by atoms with Crippen LogP contribution in [0.25, 0.3) is 0 Å². The smallest absolute Gasteiger partial charge is 0.199 e. The van der Waals surface area contributed by atoms with Crippen LogP contribution in [0.5, 0.6) is 5.75 Å². The summed E-state index contributed by atoms with van der Waals surface area (Å²) in [4.78, 5) is 12.4. The Morgan fingerprint density at radius 1 is 1.44 bits per heavy atom. The molecule has 1 atom stereocenters. The van der Waals surface area contributed by atoms with Crippen molar-refractivity contribution < 1.29 is 14.6 Å². The van der Waals surface area contributed by atoms with Gasteiger partial charge in [0.1, 0.15) is 11.4 Å². The first kappa shape index (κ1) is 12.7. The monoisotopic (exact) mass is 246 g/mol. The van der Waals surface area contributed by atoms with Gasteiger partial charge >= 0.3 is 0 Å². The maximum atomic E-state index is 12.4. The van der Waals surface area contributed by atoms with Gasteiger partial charge in [-0.15, -0.1) is 0 Å². The van der Waals surface area contributed by atoms with Gasteiger partial charge < -0.3 is 9.84 Å². The number of fused-ring (bicyclic) bond motifs is 1. The van der Waals surface area contributed by atoms with E-state index in [4.69, 9.17) is 4.74 Å². The molecule has 1 unspecified atom stereocenters. The summed E-state index contributed by atoms with van der Waals surface area (Å²) in [7, 11) is 0. The Morgan fingerprint density at radius 2 is 2.17 bits per heavy atom. The Balaban J connectivity index is 2.55. The number of carbonyl (C=O) groups is 1. The van der Waals surface area contributed by atoms with Crippen molar-refractivity contribution in [3.8, 4) is 5.75 Å². The molecule has 0 aliphatic carbocycles. The summed E-state index contributed by atoms with van der Waals surface area (Å²) in [6.07, 6.45) is 2.46. The Hall–Kier alpha value is -1.77. The second-order valence-electron chi connectivity index (χ2n) is 4.95. The molecule has 1 heterocycles. The van der Waals surface area contributed by atoms with Crippen LogP contribution in [-0.2, 0) is 0 Å². The van der Waals surface area contributed by atoms with Gasteiger partial charge in [0.15, 0.2) is 5.78 Å². The molecule has 0 saturated heterocycles. The lowest BCUT2D eigenvalue weighted by Gasteiger charge is -2.36. The van der Waals surface area contributed by atoms with Crippen molar-refractivity contribution in [2.24, 2.45) is 0 Å². The minimum absolute atomic E-state index is 0.140. The Morgan fingerprint density at radius 3 is 2.78 bits per heavy atom. The van der Waals surface area contributed by atoms with Gasteiger partial charge in [0.2, 0.25) is 0 Å². The summed E-state index contributed by atoms with van der Waals surface area (Å²) in [5.74, 6) is 0.463. The van der Waals surface area contributed by atoms with Crippen LogP contribution in [0.2, 0.25) is 0 Å². The highest BCUT2D eigenvalue weighted by atomic mass is 16.5. The first-order chi connectivity index (χ1) is 8.51. The molecule has 1 aliphatic rings. The van der Waals surface area contributed by atoms with E-state index in [1.165, 1.54) is 0 Å². The summed E-state index contributed by atoms with van der Waals surface area (Å²) in [5.41, 5.74) is 1.14. The van der Waals surface area contributed by atoms with Crippen LogP contribution < -0.4 is 4.74 Å². The maximum absolute atomic E-state index is 12.4. The van der Waals surface area contributed by atoms with Gasteiger partial charge in [0.25, 0.3) is 0 Å². The van der Waals surface area contributed by atoms with Gasteiger partial charge in [-0.2, -0.15) is 0 Å². The number of ether oxygens (including phenoxy) is 1. The fraction of sp³-hybridized carbons (Fsp3) is 0.400. The molecule has 0 aromatic heterocycles. The molecule has 1 aromatic carbocycles. The first-order valence-electron chi connectivity index (χ1n) is 6.21. The molecule has 3 nitrogen and oxygen atoms in total. The third-order valence-corrected chi connectivity index (χ3v) is 3.39. The number of aryl methyl sites for hydroxylation is 1. The van der Waals surface area contributed by atoms with E-state index in [0.717, 1.165) is 18.2 Å². The Kier molecular flexibility index (Phi) is 3.16. The average molecular weight is 246 g/mol. The summed E-state index contributed by atoms with van der Waals surface area (Å²) in [6, 6.07) is 5.55. The maximum Gasteiger partial charge on any atom is 0.199 e. The molecule has 1 aliphatic heterocycles. The van der Waals surface area contributed by atoms with E-state index in [2.05, 4.69) is 0 Å². The Bertz CT molecular complexity index is 516. The molecule has 0 bridgehead atoms. The number of ketones is 1. The quantitative estimate of drug-likeness (QED) is 0.641. The van der Waals surface area contributed by atoms with Crippen molar-refractivity contribution in [1.82, 2.24) is 0 Å². The topological polar surface area (TPSA) is 46.5 Å². The number of aliphatic hydroxyl groups excluding tert-OH is 1. The number of hydrogen-bond donors (Lipinski definition) is 1. The van der Waals surface area contributed by atoms with Crippen molar-refractivity contribution in [2.75, 3.05) is 0 Å². The lowest BCUT2D eigenvalue weighted by Crippen LogP contribution is -2.41. The first-order valence-corrected chi connectivity index (χ1v) is 6.21. The predicted octanol–water partition coefficient (Wildman–Crippen LogP) is 3.57. The van der Waals surface area contributed by atoms with E-state index in [9.17, 15) is 9.90 Å². The van der Waals surface area contributed by atoms with Crippen LogP contribution in [0, 0.1) is 6.92 Å². The second-order valence-corrected chi connectivity index (χ2v) is 4.95. The Labute approximate surface area is 107 Å². The molecule has 1 N–H and O–H groups in total. The van der Waals surface area contributed by atoms with Gasteiger partial charge in [-0.25, -0.2) is 0 Å². The summed E-state index contributed by atoms with van der Waals surface area (Å²) >= 11 is 0. The highest BCUT2D eigenvalue weighted by molar-refractivity contribution is 6.12.